The molecule has 2 rings (SSSR count). The summed E-state index contributed by atoms with van der Waals surface area (Å²) in [6, 6.07) is 0.586. The summed E-state index contributed by atoms with van der Waals surface area (Å²) in [6.45, 7) is 5.21. The number of aromatic nitrogens is 2. The van der Waals surface area contributed by atoms with Gasteiger partial charge in [0.15, 0.2) is 0 Å². The number of hydrogen-bond donors (Lipinski definition) is 1. The fraction of sp³-hybridized carbons (Fsp3) is 0.667. The number of aliphatic hydroxyl groups is 1. The van der Waals surface area contributed by atoms with Crippen molar-refractivity contribution in [2.75, 3.05) is 31.6 Å². The van der Waals surface area contributed by atoms with Gasteiger partial charge in [-0.25, -0.2) is 4.98 Å². The van der Waals surface area contributed by atoms with E-state index in [-0.39, 0.29) is 6.61 Å². The Balaban J connectivity index is 2.06. The number of anilines is 1. The van der Waals surface area contributed by atoms with Crippen molar-refractivity contribution in [2.45, 2.75) is 26.0 Å². The molecule has 1 aromatic heterocycles. The highest BCUT2D eigenvalue weighted by molar-refractivity contribution is 5.36. The second-order valence-electron chi connectivity index (χ2n) is 4.51. The Morgan fingerprint density at radius 3 is 2.76 bits per heavy atom. The average molecular weight is 236 g/mol. The highest BCUT2D eigenvalue weighted by Gasteiger charge is 2.23. The van der Waals surface area contributed by atoms with Gasteiger partial charge in [-0.3, -0.25) is 9.88 Å². The van der Waals surface area contributed by atoms with Gasteiger partial charge in [0.05, 0.1) is 24.7 Å². The van der Waals surface area contributed by atoms with E-state index in [1.807, 2.05) is 0 Å². The minimum absolute atomic E-state index is 0.0480. The van der Waals surface area contributed by atoms with E-state index in [0.717, 1.165) is 31.9 Å². The maximum atomic E-state index is 8.93. The van der Waals surface area contributed by atoms with Crippen LogP contribution in [0.1, 0.15) is 19.0 Å². The molecule has 0 aromatic carbocycles. The molecule has 1 atom stereocenters. The highest BCUT2D eigenvalue weighted by Crippen LogP contribution is 2.16. The monoisotopic (exact) mass is 236 g/mol. The summed E-state index contributed by atoms with van der Waals surface area (Å²) in [5, 5.41) is 8.93. The van der Waals surface area contributed by atoms with Crippen LogP contribution in [0.2, 0.25) is 0 Å². The van der Waals surface area contributed by atoms with Gasteiger partial charge in [0.2, 0.25) is 0 Å². The maximum Gasteiger partial charge on any atom is 0.147 e. The van der Waals surface area contributed by atoms with Gasteiger partial charge in [-0.05, 0) is 13.5 Å². The second-order valence-corrected chi connectivity index (χ2v) is 4.51. The average Bonchev–Trinajstić information content (AvgIpc) is 2.39. The van der Waals surface area contributed by atoms with Crippen LogP contribution in [0.15, 0.2) is 12.4 Å². The number of hydrogen-bond acceptors (Lipinski definition) is 5. The van der Waals surface area contributed by atoms with Gasteiger partial charge in [-0.1, -0.05) is 6.92 Å². The van der Waals surface area contributed by atoms with Crippen LogP contribution < -0.4 is 4.90 Å². The fourth-order valence-electron chi connectivity index (χ4n) is 2.19. The van der Waals surface area contributed by atoms with Crippen molar-refractivity contribution in [1.29, 1.82) is 0 Å². The van der Waals surface area contributed by atoms with Crippen LogP contribution in [0.4, 0.5) is 5.82 Å². The Kier molecular flexibility index (Phi) is 3.91. The molecule has 1 saturated heterocycles. The Bertz CT molecular complexity index is 354. The largest absolute Gasteiger partial charge is 0.390 e. The third-order valence-corrected chi connectivity index (χ3v) is 3.43. The number of nitrogens with zero attached hydrogens (tertiary/aromatic N) is 4. The molecule has 1 aliphatic heterocycles. The van der Waals surface area contributed by atoms with Gasteiger partial charge < -0.3 is 10.0 Å². The van der Waals surface area contributed by atoms with E-state index < -0.39 is 0 Å². The van der Waals surface area contributed by atoms with Crippen molar-refractivity contribution in [3.05, 3.63) is 18.1 Å². The van der Waals surface area contributed by atoms with Gasteiger partial charge in [-0.15, -0.1) is 0 Å². The minimum Gasteiger partial charge on any atom is -0.390 e. The first kappa shape index (κ1) is 12.3. The topological polar surface area (TPSA) is 52.5 Å². The third-order valence-electron chi connectivity index (χ3n) is 3.43. The van der Waals surface area contributed by atoms with Crippen molar-refractivity contribution < 1.29 is 5.11 Å². The number of rotatable bonds is 3. The lowest BCUT2D eigenvalue weighted by atomic mass is 10.1. The molecule has 1 fully saturated rings. The predicted molar refractivity (Wildman–Crippen MR) is 66.9 cm³/mol. The van der Waals surface area contributed by atoms with Crippen molar-refractivity contribution in [3.63, 3.8) is 0 Å². The van der Waals surface area contributed by atoms with Crippen LogP contribution in [-0.4, -0.2) is 52.7 Å². The van der Waals surface area contributed by atoms with E-state index in [1.165, 1.54) is 0 Å². The molecule has 0 amide bonds. The van der Waals surface area contributed by atoms with Crippen molar-refractivity contribution in [3.8, 4) is 0 Å². The van der Waals surface area contributed by atoms with Crippen molar-refractivity contribution in [1.82, 2.24) is 14.9 Å². The highest BCUT2D eigenvalue weighted by atomic mass is 16.3. The van der Waals surface area contributed by atoms with Gasteiger partial charge in [0, 0.05) is 25.7 Å². The van der Waals surface area contributed by atoms with Crippen LogP contribution in [-0.2, 0) is 6.61 Å². The molecule has 94 valence electrons. The molecule has 1 aromatic rings. The SMILES string of the molecule is CCC1CN(c2cnc(CO)cn2)CCN1C. The van der Waals surface area contributed by atoms with Crippen LogP contribution in [0.3, 0.4) is 0 Å². The molecule has 1 unspecified atom stereocenters. The number of likely N-dealkylation sites (N-methyl/N-ethyl adjacent to an activating group) is 1. The Morgan fingerprint density at radius 2 is 2.18 bits per heavy atom. The molecular weight excluding hydrogens is 216 g/mol. The van der Waals surface area contributed by atoms with Gasteiger partial charge >= 0.3 is 0 Å². The van der Waals surface area contributed by atoms with E-state index in [1.54, 1.807) is 12.4 Å². The summed E-state index contributed by atoms with van der Waals surface area (Å²) in [5.74, 6) is 0.911. The van der Waals surface area contributed by atoms with E-state index in [2.05, 4.69) is 33.7 Å². The molecule has 17 heavy (non-hydrogen) atoms. The van der Waals surface area contributed by atoms with Gasteiger partial charge in [0.25, 0.3) is 0 Å². The van der Waals surface area contributed by atoms with E-state index in [4.69, 9.17) is 5.11 Å². The molecule has 1 aliphatic rings. The van der Waals surface area contributed by atoms with Crippen LogP contribution in [0, 0.1) is 0 Å². The zero-order valence-electron chi connectivity index (χ0n) is 10.5. The van der Waals surface area contributed by atoms with Gasteiger partial charge in [0.1, 0.15) is 5.82 Å². The molecule has 5 heteroatoms. The second kappa shape index (κ2) is 5.42. The molecule has 0 spiro atoms. The van der Waals surface area contributed by atoms with E-state index >= 15 is 0 Å². The lowest BCUT2D eigenvalue weighted by molar-refractivity contribution is 0.212. The van der Waals surface area contributed by atoms with Crippen LogP contribution in [0.5, 0.6) is 0 Å². The maximum absolute atomic E-state index is 8.93. The Hall–Kier alpha value is -1.20. The summed E-state index contributed by atoms with van der Waals surface area (Å²) in [5.41, 5.74) is 0.620. The smallest absolute Gasteiger partial charge is 0.147 e. The van der Waals surface area contributed by atoms with Crippen molar-refractivity contribution >= 4 is 5.82 Å². The summed E-state index contributed by atoms with van der Waals surface area (Å²) in [7, 11) is 2.17. The zero-order chi connectivity index (χ0) is 12.3. The first-order chi connectivity index (χ1) is 8.24. The molecule has 1 N–H and O–H groups in total. The molecule has 5 nitrogen and oxygen atoms in total. The lowest BCUT2D eigenvalue weighted by Gasteiger charge is -2.39. The first-order valence-corrected chi connectivity index (χ1v) is 6.11. The lowest BCUT2D eigenvalue weighted by Crippen LogP contribution is -2.51. The van der Waals surface area contributed by atoms with Crippen LogP contribution in [0.25, 0.3) is 0 Å². The van der Waals surface area contributed by atoms with E-state index in [0.29, 0.717) is 11.7 Å². The normalized spacial score (nSPS) is 21.8. The van der Waals surface area contributed by atoms with Crippen molar-refractivity contribution in [2.24, 2.45) is 0 Å². The standard InChI is InChI=1S/C12H20N4O/c1-3-11-8-16(5-4-15(11)2)12-7-13-10(9-17)6-14-12/h6-7,11,17H,3-5,8-9H2,1-2H3. The fourth-order valence-corrected chi connectivity index (χ4v) is 2.19. The van der Waals surface area contributed by atoms with Gasteiger partial charge in [-0.2, -0.15) is 0 Å². The molecule has 0 aliphatic carbocycles. The van der Waals surface area contributed by atoms with E-state index in [9.17, 15) is 0 Å². The predicted octanol–water partition coefficient (Wildman–Crippen LogP) is 0.499. The summed E-state index contributed by atoms with van der Waals surface area (Å²) in [6.07, 6.45) is 4.55. The summed E-state index contributed by atoms with van der Waals surface area (Å²) >= 11 is 0. The summed E-state index contributed by atoms with van der Waals surface area (Å²) < 4.78 is 0. The third kappa shape index (κ3) is 2.73. The Morgan fingerprint density at radius 1 is 1.35 bits per heavy atom. The molecule has 2 heterocycles. The first-order valence-electron chi connectivity index (χ1n) is 6.11. The molecule has 0 radical (unpaired) electrons. The quantitative estimate of drug-likeness (QED) is 0.828. The molecule has 0 bridgehead atoms. The molecular formula is C12H20N4O. The minimum atomic E-state index is -0.0480. The molecule has 0 saturated carbocycles. The number of aliphatic hydroxyl groups excluding tert-OH is 1. The zero-order valence-corrected chi connectivity index (χ0v) is 10.5. The Labute approximate surface area is 102 Å². The van der Waals surface area contributed by atoms with Crippen LogP contribution >= 0.6 is 0 Å². The number of piperazine rings is 1. The summed E-state index contributed by atoms with van der Waals surface area (Å²) in [4.78, 5) is 13.2.